The number of rotatable bonds is 6. The Hall–Kier alpha value is -4.59. The maximum Gasteiger partial charge on any atom is 0.269 e. The van der Waals surface area contributed by atoms with Crippen LogP contribution in [0.4, 0.5) is 11.4 Å². The minimum absolute atomic E-state index is 0.0116. The summed E-state index contributed by atoms with van der Waals surface area (Å²) < 4.78 is 1.67. The van der Waals surface area contributed by atoms with Gasteiger partial charge in [-0.05, 0) is 29.8 Å². The van der Waals surface area contributed by atoms with Crippen LogP contribution in [-0.2, 0) is 0 Å². The molecule has 1 heterocycles. The zero-order valence-electron chi connectivity index (χ0n) is 16.2. The maximum absolute atomic E-state index is 10.9. The van der Waals surface area contributed by atoms with Crippen molar-refractivity contribution < 1.29 is 9.85 Å². The highest BCUT2D eigenvalue weighted by atomic mass is 16.6. The molecule has 0 saturated heterocycles. The molecule has 0 unspecified atom stereocenters. The Morgan fingerprint density at radius 2 is 1.32 bits per heavy atom. The van der Waals surface area contributed by atoms with E-state index in [9.17, 15) is 20.2 Å². The van der Waals surface area contributed by atoms with Crippen molar-refractivity contribution in [2.45, 2.75) is 0 Å². The molecular weight excluding hydrogens is 396 g/mol. The van der Waals surface area contributed by atoms with Gasteiger partial charge in [-0.2, -0.15) is 5.10 Å². The first-order valence-electron chi connectivity index (χ1n) is 9.34. The van der Waals surface area contributed by atoms with E-state index in [1.165, 1.54) is 24.3 Å². The zero-order valence-corrected chi connectivity index (χ0v) is 16.2. The van der Waals surface area contributed by atoms with Gasteiger partial charge in [-0.25, -0.2) is 4.68 Å². The minimum atomic E-state index is -0.444. The Labute approximate surface area is 177 Å². The van der Waals surface area contributed by atoms with Gasteiger partial charge in [-0.15, -0.1) is 0 Å². The lowest BCUT2D eigenvalue weighted by Gasteiger charge is -2.01. The van der Waals surface area contributed by atoms with E-state index in [2.05, 4.69) is 5.10 Å². The predicted molar refractivity (Wildman–Crippen MR) is 118 cm³/mol. The maximum atomic E-state index is 10.9. The van der Waals surface area contributed by atoms with Gasteiger partial charge in [0.2, 0.25) is 0 Å². The number of hydrogen-bond donors (Lipinski definition) is 0. The summed E-state index contributed by atoms with van der Waals surface area (Å²) in [4.78, 5) is 20.9. The predicted octanol–water partition coefficient (Wildman–Crippen LogP) is 5.53. The standard InChI is InChI=1S/C23H16N4O4/c28-26(29)21-10-7-17(8-11-21)6-9-19-16-25(20-12-14-22(15-13-20)27(30)31)24-23(19)18-4-2-1-3-5-18/h1-16H. The van der Waals surface area contributed by atoms with Crippen LogP contribution in [0.2, 0.25) is 0 Å². The summed E-state index contributed by atoms with van der Waals surface area (Å²) in [5, 5.41) is 26.4. The smallest absolute Gasteiger partial charge is 0.258 e. The lowest BCUT2D eigenvalue weighted by atomic mass is 10.1. The molecule has 4 rings (SSSR count). The first-order chi connectivity index (χ1) is 15.0. The van der Waals surface area contributed by atoms with Gasteiger partial charge in [-0.1, -0.05) is 42.5 Å². The summed E-state index contributed by atoms with van der Waals surface area (Å²) in [6, 6.07) is 22.1. The molecule has 0 aliphatic carbocycles. The number of benzene rings is 3. The summed E-state index contributed by atoms with van der Waals surface area (Å²) in [7, 11) is 0. The number of non-ortho nitro benzene ring substituents is 2. The molecule has 0 atom stereocenters. The van der Waals surface area contributed by atoms with Gasteiger partial charge in [0.15, 0.2) is 0 Å². The molecule has 8 heteroatoms. The summed E-state index contributed by atoms with van der Waals surface area (Å²) in [5.41, 5.74) is 4.06. The Balaban J connectivity index is 1.71. The van der Waals surface area contributed by atoms with Crippen molar-refractivity contribution in [3.8, 4) is 16.9 Å². The molecule has 0 N–H and O–H groups in total. The molecule has 0 radical (unpaired) electrons. The van der Waals surface area contributed by atoms with Gasteiger partial charge in [0.25, 0.3) is 11.4 Å². The lowest BCUT2D eigenvalue weighted by Crippen LogP contribution is -1.95. The fourth-order valence-corrected chi connectivity index (χ4v) is 3.08. The third-order valence-electron chi connectivity index (χ3n) is 4.67. The van der Waals surface area contributed by atoms with Gasteiger partial charge >= 0.3 is 0 Å². The minimum Gasteiger partial charge on any atom is -0.258 e. The van der Waals surface area contributed by atoms with E-state index in [4.69, 9.17) is 0 Å². The second-order valence-electron chi connectivity index (χ2n) is 6.70. The van der Waals surface area contributed by atoms with Crippen LogP contribution in [0, 0.1) is 20.2 Å². The van der Waals surface area contributed by atoms with E-state index >= 15 is 0 Å². The van der Waals surface area contributed by atoms with E-state index in [1.54, 1.807) is 28.9 Å². The van der Waals surface area contributed by atoms with E-state index in [0.29, 0.717) is 5.69 Å². The van der Waals surface area contributed by atoms with Crippen molar-refractivity contribution in [1.82, 2.24) is 9.78 Å². The second kappa shape index (κ2) is 8.42. The summed E-state index contributed by atoms with van der Waals surface area (Å²) >= 11 is 0. The molecule has 31 heavy (non-hydrogen) atoms. The Morgan fingerprint density at radius 1 is 0.742 bits per heavy atom. The molecule has 3 aromatic carbocycles. The van der Waals surface area contributed by atoms with Crippen LogP contribution in [0.5, 0.6) is 0 Å². The highest BCUT2D eigenvalue weighted by Gasteiger charge is 2.12. The van der Waals surface area contributed by atoms with Crippen LogP contribution in [0.3, 0.4) is 0 Å². The van der Waals surface area contributed by atoms with Crippen molar-refractivity contribution in [3.05, 3.63) is 116 Å². The molecule has 0 aliphatic rings. The molecule has 8 nitrogen and oxygen atoms in total. The van der Waals surface area contributed by atoms with Gasteiger partial charge in [0, 0.05) is 41.6 Å². The normalized spacial score (nSPS) is 11.0. The van der Waals surface area contributed by atoms with E-state index in [1.807, 2.05) is 48.7 Å². The third kappa shape index (κ3) is 4.38. The highest BCUT2D eigenvalue weighted by Crippen LogP contribution is 2.26. The summed E-state index contributed by atoms with van der Waals surface area (Å²) in [6.45, 7) is 0. The zero-order chi connectivity index (χ0) is 21.8. The molecule has 4 aromatic rings. The summed E-state index contributed by atoms with van der Waals surface area (Å²) in [6.07, 6.45) is 5.58. The Morgan fingerprint density at radius 3 is 1.90 bits per heavy atom. The largest absolute Gasteiger partial charge is 0.269 e. The van der Waals surface area contributed by atoms with Gasteiger partial charge in [0.05, 0.1) is 21.2 Å². The SMILES string of the molecule is O=[N+]([O-])c1ccc(C=Cc2cn(-c3ccc([N+](=O)[O-])cc3)nc2-c2ccccc2)cc1. The second-order valence-corrected chi connectivity index (χ2v) is 6.70. The first-order valence-corrected chi connectivity index (χ1v) is 9.34. The van der Waals surface area contributed by atoms with Crippen molar-refractivity contribution in [2.24, 2.45) is 0 Å². The number of hydrogen-bond acceptors (Lipinski definition) is 5. The van der Waals surface area contributed by atoms with Crippen LogP contribution in [0.1, 0.15) is 11.1 Å². The molecule has 152 valence electrons. The monoisotopic (exact) mass is 412 g/mol. The molecule has 0 saturated carbocycles. The van der Waals surface area contributed by atoms with Crippen molar-refractivity contribution in [3.63, 3.8) is 0 Å². The quantitative estimate of drug-likeness (QED) is 0.306. The Bertz CT molecular complexity index is 1260. The highest BCUT2D eigenvalue weighted by molar-refractivity contribution is 5.79. The van der Waals surface area contributed by atoms with Crippen LogP contribution in [0.25, 0.3) is 29.1 Å². The average molecular weight is 412 g/mol. The number of aromatic nitrogens is 2. The molecule has 1 aromatic heterocycles. The average Bonchev–Trinajstić information content (AvgIpc) is 3.23. The molecule has 0 aliphatic heterocycles. The van der Waals surface area contributed by atoms with E-state index in [-0.39, 0.29) is 11.4 Å². The molecule has 0 spiro atoms. The Kier molecular flexibility index (Phi) is 5.35. The van der Waals surface area contributed by atoms with E-state index < -0.39 is 9.85 Å². The van der Waals surface area contributed by atoms with Gasteiger partial charge in [-0.3, -0.25) is 20.2 Å². The first kappa shape index (κ1) is 19.7. The van der Waals surface area contributed by atoms with Crippen LogP contribution >= 0.6 is 0 Å². The fraction of sp³-hybridized carbons (Fsp3) is 0. The van der Waals surface area contributed by atoms with Crippen LogP contribution < -0.4 is 0 Å². The van der Waals surface area contributed by atoms with Crippen LogP contribution in [-0.4, -0.2) is 19.6 Å². The molecule has 0 bridgehead atoms. The summed E-state index contributed by atoms with van der Waals surface area (Å²) in [5.74, 6) is 0. The number of nitrogens with zero attached hydrogens (tertiary/aromatic N) is 4. The third-order valence-corrected chi connectivity index (χ3v) is 4.67. The van der Waals surface area contributed by atoms with Crippen LogP contribution in [0.15, 0.2) is 85.1 Å². The fourth-order valence-electron chi connectivity index (χ4n) is 3.08. The van der Waals surface area contributed by atoms with Crippen molar-refractivity contribution in [1.29, 1.82) is 0 Å². The van der Waals surface area contributed by atoms with Crippen molar-refractivity contribution >= 4 is 23.5 Å². The topological polar surface area (TPSA) is 104 Å². The van der Waals surface area contributed by atoms with Gasteiger partial charge < -0.3 is 0 Å². The number of nitro groups is 2. The molecule has 0 amide bonds. The number of nitro benzene ring substituents is 2. The van der Waals surface area contributed by atoms with Gasteiger partial charge in [0.1, 0.15) is 0 Å². The van der Waals surface area contributed by atoms with E-state index in [0.717, 1.165) is 22.4 Å². The molecular formula is C23H16N4O4. The lowest BCUT2D eigenvalue weighted by molar-refractivity contribution is -0.385. The molecule has 0 fully saturated rings. The van der Waals surface area contributed by atoms with Crippen molar-refractivity contribution in [2.75, 3.05) is 0 Å².